The van der Waals surface area contributed by atoms with Crippen LogP contribution in [0.5, 0.6) is 0 Å². The van der Waals surface area contributed by atoms with Gasteiger partial charge in [-0.1, -0.05) is 20.3 Å². The van der Waals surface area contributed by atoms with E-state index < -0.39 is 0 Å². The first-order chi connectivity index (χ1) is 7.22. The van der Waals surface area contributed by atoms with Crippen LogP contribution in [0.15, 0.2) is 0 Å². The first-order valence-electron chi connectivity index (χ1n) is 5.97. The number of nitrogens with one attached hydrogen (secondary N) is 1. The van der Waals surface area contributed by atoms with Crippen molar-refractivity contribution in [3.63, 3.8) is 0 Å². The quantitative estimate of drug-likeness (QED) is 0.414. The van der Waals surface area contributed by atoms with E-state index in [0.29, 0.717) is 0 Å². The largest absolute Gasteiger partial charge is 0.293 e. The smallest absolute Gasteiger partial charge is 0.251 e. The van der Waals surface area contributed by atoms with Gasteiger partial charge in [-0.15, -0.1) is 0 Å². The number of hydrazine groups is 1. The van der Waals surface area contributed by atoms with E-state index in [1.54, 1.807) is 0 Å². The number of nitrogens with two attached hydrogens (primary N) is 1. The Morgan fingerprint density at radius 1 is 1.47 bits per heavy atom. The van der Waals surface area contributed by atoms with Crippen LogP contribution in [-0.4, -0.2) is 29.9 Å². The average Bonchev–Trinajstić information content (AvgIpc) is 2.30. The molecule has 1 aliphatic heterocycles. The first-order valence-corrected chi connectivity index (χ1v) is 5.97. The summed E-state index contributed by atoms with van der Waals surface area (Å²) in [4.78, 5) is 13.8. The van der Waals surface area contributed by atoms with Crippen molar-refractivity contribution in [2.24, 2.45) is 11.8 Å². The second-order valence-electron chi connectivity index (χ2n) is 4.32. The fourth-order valence-corrected chi connectivity index (χ4v) is 2.38. The molecule has 1 heterocycles. The number of amides is 1. The fourth-order valence-electron chi connectivity index (χ4n) is 2.38. The van der Waals surface area contributed by atoms with Crippen molar-refractivity contribution in [2.75, 3.05) is 13.1 Å². The minimum absolute atomic E-state index is 0.0344. The van der Waals surface area contributed by atoms with Crippen LogP contribution in [0, 0.1) is 5.92 Å². The third kappa shape index (κ3) is 3.18. The third-order valence-corrected chi connectivity index (χ3v) is 3.50. The average molecular weight is 213 g/mol. The molecule has 4 heteroatoms. The summed E-state index contributed by atoms with van der Waals surface area (Å²) in [7, 11) is 0. The summed E-state index contributed by atoms with van der Waals surface area (Å²) >= 11 is 0. The lowest BCUT2D eigenvalue weighted by atomic mass is 9.93. The summed E-state index contributed by atoms with van der Waals surface area (Å²) in [6.45, 7) is 6.34. The number of carbonyl (C=O) groups is 1. The molecule has 1 aliphatic rings. The van der Waals surface area contributed by atoms with Crippen molar-refractivity contribution in [3.05, 3.63) is 0 Å². The number of piperidine rings is 1. The molecule has 1 fully saturated rings. The van der Waals surface area contributed by atoms with Crippen molar-refractivity contribution in [3.8, 4) is 0 Å². The zero-order chi connectivity index (χ0) is 11.3. The molecule has 0 aromatic heterocycles. The first kappa shape index (κ1) is 12.5. The second kappa shape index (κ2) is 6.08. The summed E-state index contributed by atoms with van der Waals surface area (Å²) in [6, 6.07) is -0.0344. The molecule has 0 aliphatic carbocycles. The van der Waals surface area contributed by atoms with Crippen LogP contribution < -0.4 is 11.3 Å². The molecular weight excluding hydrogens is 190 g/mol. The topological polar surface area (TPSA) is 58.4 Å². The third-order valence-electron chi connectivity index (χ3n) is 3.50. The maximum absolute atomic E-state index is 11.5. The molecule has 0 bridgehead atoms. The Hall–Kier alpha value is -0.610. The van der Waals surface area contributed by atoms with Crippen molar-refractivity contribution < 1.29 is 4.79 Å². The molecule has 1 unspecified atom stereocenters. The van der Waals surface area contributed by atoms with E-state index in [1.807, 2.05) is 6.92 Å². The summed E-state index contributed by atoms with van der Waals surface area (Å²) in [5, 5.41) is 0. The van der Waals surface area contributed by atoms with Crippen LogP contribution in [0.1, 0.15) is 39.5 Å². The molecule has 1 atom stereocenters. The molecule has 1 amide bonds. The van der Waals surface area contributed by atoms with E-state index in [2.05, 4.69) is 17.2 Å². The molecule has 1 saturated heterocycles. The lowest BCUT2D eigenvalue weighted by Crippen LogP contribution is -2.51. The van der Waals surface area contributed by atoms with Gasteiger partial charge in [-0.05, 0) is 38.3 Å². The predicted octanol–water partition coefficient (Wildman–Crippen LogP) is 0.877. The van der Waals surface area contributed by atoms with Gasteiger partial charge in [-0.25, -0.2) is 5.84 Å². The molecule has 88 valence electrons. The molecule has 0 aromatic carbocycles. The van der Waals surface area contributed by atoms with E-state index in [-0.39, 0.29) is 11.9 Å². The van der Waals surface area contributed by atoms with Crippen molar-refractivity contribution in [1.29, 1.82) is 0 Å². The van der Waals surface area contributed by atoms with Gasteiger partial charge in [0.05, 0.1) is 6.04 Å². The lowest BCUT2D eigenvalue weighted by Gasteiger charge is -2.35. The van der Waals surface area contributed by atoms with Crippen LogP contribution in [0.4, 0.5) is 0 Å². The zero-order valence-corrected chi connectivity index (χ0v) is 9.83. The van der Waals surface area contributed by atoms with E-state index in [4.69, 9.17) is 5.84 Å². The van der Waals surface area contributed by atoms with Gasteiger partial charge < -0.3 is 0 Å². The van der Waals surface area contributed by atoms with E-state index in [1.165, 1.54) is 19.3 Å². The molecule has 0 spiro atoms. The number of nitrogens with zero attached hydrogens (tertiary/aromatic N) is 1. The minimum Gasteiger partial charge on any atom is -0.293 e. The highest BCUT2D eigenvalue weighted by Crippen LogP contribution is 2.22. The van der Waals surface area contributed by atoms with E-state index in [0.717, 1.165) is 25.4 Å². The molecule has 0 aromatic rings. The van der Waals surface area contributed by atoms with Crippen molar-refractivity contribution in [1.82, 2.24) is 10.3 Å². The van der Waals surface area contributed by atoms with Crippen molar-refractivity contribution in [2.45, 2.75) is 45.6 Å². The molecule has 4 nitrogen and oxygen atoms in total. The molecule has 3 N–H and O–H groups in total. The predicted molar refractivity (Wildman–Crippen MR) is 61.0 cm³/mol. The maximum atomic E-state index is 11.5. The Morgan fingerprint density at radius 2 is 2.07 bits per heavy atom. The summed E-state index contributed by atoms with van der Waals surface area (Å²) in [6.07, 6.45) is 4.52. The number of carbonyl (C=O) groups excluding carboxylic acids is 1. The van der Waals surface area contributed by atoms with Gasteiger partial charge in [-0.2, -0.15) is 0 Å². The number of hydrogen-bond donors (Lipinski definition) is 2. The Balaban J connectivity index is 2.46. The highest BCUT2D eigenvalue weighted by atomic mass is 16.2. The molecule has 0 radical (unpaired) electrons. The molecule has 1 rings (SSSR count). The van der Waals surface area contributed by atoms with E-state index in [9.17, 15) is 4.79 Å². The minimum atomic E-state index is -0.0487. The van der Waals surface area contributed by atoms with Gasteiger partial charge in [0.1, 0.15) is 0 Å². The van der Waals surface area contributed by atoms with Gasteiger partial charge >= 0.3 is 0 Å². The molecule has 0 saturated carbocycles. The molecule has 15 heavy (non-hydrogen) atoms. The van der Waals surface area contributed by atoms with Gasteiger partial charge in [0.15, 0.2) is 0 Å². The highest BCUT2D eigenvalue weighted by Gasteiger charge is 2.27. The van der Waals surface area contributed by atoms with Gasteiger partial charge in [0.2, 0.25) is 0 Å². The van der Waals surface area contributed by atoms with Crippen molar-refractivity contribution >= 4 is 5.91 Å². The van der Waals surface area contributed by atoms with Gasteiger partial charge in [-0.3, -0.25) is 15.1 Å². The standard InChI is InChI=1S/C11H23N3O/c1-3-9-5-7-14(8-6-9)10(4-2)11(15)13-12/h9-10H,3-8,12H2,1-2H3,(H,13,15). The number of rotatable bonds is 4. The second-order valence-corrected chi connectivity index (χ2v) is 4.32. The van der Waals surface area contributed by atoms with Crippen LogP contribution in [-0.2, 0) is 4.79 Å². The SMILES string of the molecule is CCC1CCN(C(CC)C(=O)NN)CC1. The van der Waals surface area contributed by atoms with Crippen LogP contribution >= 0.6 is 0 Å². The Morgan fingerprint density at radius 3 is 2.47 bits per heavy atom. The Kier molecular flexibility index (Phi) is 5.05. The highest BCUT2D eigenvalue weighted by molar-refractivity contribution is 5.81. The summed E-state index contributed by atoms with van der Waals surface area (Å²) in [5.74, 6) is 5.98. The van der Waals surface area contributed by atoms with Gasteiger partial charge in [0, 0.05) is 0 Å². The van der Waals surface area contributed by atoms with Crippen LogP contribution in [0.2, 0.25) is 0 Å². The normalized spacial score (nSPS) is 21.3. The summed E-state index contributed by atoms with van der Waals surface area (Å²) in [5.41, 5.74) is 2.26. The summed E-state index contributed by atoms with van der Waals surface area (Å²) < 4.78 is 0. The number of likely N-dealkylation sites (tertiary alicyclic amines) is 1. The van der Waals surface area contributed by atoms with Crippen LogP contribution in [0.3, 0.4) is 0 Å². The zero-order valence-electron chi connectivity index (χ0n) is 9.83. The monoisotopic (exact) mass is 213 g/mol. The van der Waals surface area contributed by atoms with Crippen LogP contribution in [0.25, 0.3) is 0 Å². The van der Waals surface area contributed by atoms with E-state index >= 15 is 0 Å². The van der Waals surface area contributed by atoms with Gasteiger partial charge in [0.25, 0.3) is 5.91 Å². The lowest BCUT2D eigenvalue weighted by molar-refractivity contribution is -0.127. The Bertz CT molecular complexity index is 200. The Labute approximate surface area is 92.2 Å². The molecular formula is C11H23N3O. The fraction of sp³-hybridized carbons (Fsp3) is 0.909. The maximum Gasteiger partial charge on any atom is 0.251 e. The number of hydrogen-bond acceptors (Lipinski definition) is 3.